The summed E-state index contributed by atoms with van der Waals surface area (Å²) in [6.07, 6.45) is 13.5. The third-order valence-electron chi connectivity index (χ3n) is 4.92. The molecular weight excluding hydrogens is 276 g/mol. The van der Waals surface area contributed by atoms with E-state index in [1.165, 1.54) is 0 Å². The summed E-state index contributed by atoms with van der Waals surface area (Å²) in [5.41, 5.74) is 2.27. The van der Waals surface area contributed by atoms with Gasteiger partial charge in [-0.2, -0.15) is 0 Å². The Morgan fingerprint density at radius 2 is 1.09 bits per heavy atom. The van der Waals surface area contributed by atoms with Crippen LogP contribution in [0.2, 0.25) is 0 Å². The second kappa shape index (κ2) is 7.12. The van der Waals surface area contributed by atoms with E-state index in [1.807, 2.05) is 0 Å². The maximum absolute atomic E-state index is 11.5. The number of hydrogen-bond acceptors (Lipinski definition) is 4. The summed E-state index contributed by atoms with van der Waals surface area (Å²) in [6.45, 7) is 0. The highest BCUT2D eigenvalue weighted by molar-refractivity contribution is 5.91. The second-order valence-electron chi connectivity index (χ2n) is 6.82. The molecule has 0 aromatic carbocycles. The summed E-state index contributed by atoms with van der Waals surface area (Å²) < 4.78 is 0. The zero-order valence-electron chi connectivity index (χ0n) is 13.2. The fraction of sp³-hybridized carbons (Fsp3) is 0.667. The van der Waals surface area contributed by atoms with Crippen molar-refractivity contribution in [3.05, 3.63) is 23.5 Å². The normalized spacial score (nSPS) is 29.6. The van der Waals surface area contributed by atoms with Gasteiger partial charge in [-0.25, -0.2) is 0 Å². The van der Waals surface area contributed by atoms with Gasteiger partial charge in [-0.05, 0) is 51.4 Å². The van der Waals surface area contributed by atoms with Gasteiger partial charge in [0.1, 0.15) is 0 Å². The van der Waals surface area contributed by atoms with Crippen LogP contribution < -0.4 is 10.6 Å². The van der Waals surface area contributed by atoms with E-state index in [2.05, 4.69) is 10.6 Å². The van der Waals surface area contributed by atoms with Gasteiger partial charge in [0.05, 0.1) is 0 Å². The first-order valence-electron chi connectivity index (χ1n) is 8.69. The first-order valence-corrected chi connectivity index (χ1v) is 8.69. The number of carbonyl (C=O) groups is 2. The van der Waals surface area contributed by atoms with E-state index in [9.17, 15) is 9.59 Å². The molecule has 0 spiro atoms. The molecule has 1 fully saturated rings. The molecule has 2 N–H and O–H groups in total. The van der Waals surface area contributed by atoms with E-state index < -0.39 is 0 Å². The molecule has 4 nitrogen and oxygen atoms in total. The van der Waals surface area contributed by atoms with Crippen molar-refractivity contribution in [1.82, 2.24) is 10.6 Å². The Bertz CT molecular complexity index is 453. The van der Waals surface area contributed by atoms with Crippen LogP contribution in [0.15, 0.2) is 23.5 Å². The zero-order chi connectivity index (χ0) is 15.4. The molecule has 0 unspecified atom stereocenters. The molecule has 3 aliphatic carbocycles. The van der Waals surface area contributed by atoms with E-state index in [4.69, 9.17) is 0 Å². The molecule has 120 valence electrons. The molecule has 1 saturated carbocycles. The van der Waals surface area contributed by atoms with Crippen molar-refractivity contribution in [3.8, 4) is 0 Å². The molecule has 3 rings (SSSR count). The van der Waals surface area contributed by atoms with E-state index in [0.29, 0.717) is 24.9 Å². The van der Waals surface area contributed by atoms with Crippen LogP contribution in [0.5, 0.6) is 0 Å². The molecule has 0 bridgehead atoms. The van der Waals surface area contributed by atoms with E-state index in [-0.39, 0.29) is 11.6 Å². The first kappa shape index (κ1) is 15.3. The fourth-order valence-corrected chi connectivity index (χ4v) is 3.72. The molecule has 0 atom stereocenters. The van der Waals surface area contributed by atoms with E-state index in [0.717, 1.165) is 62.8 Å². The maximum atomic E-state index is 11.5. The molecule has 3 aliphatic rings. The number of ketones is 2. The summed E-state index contributed by atoms with van der Waals surface area (Å²) >= 11 is 0. The minimum Gasteiger partial charge on any atom is -0.386 e. The minimum atomic E-state index is 0.262. The Kier molecular flexibility index (Phi) is 4.96. The van der Waals surface area contributed by atoms with Crippen molar-refractivity contribution in [2.75, 3.05) is 0 Å². The van der Waals surface area contributed by atoms with Crippen LogP contribution in [0.25, 0.3) is 0 Å². The Labute approximate surface area is 132 Å². The van der Waals surface area contributed by atoms with Gasteiger partial charge in [-0.1, -0.05) is 0 Å². The lowest BCUT2D eigenvalue weighted by molar-refractivity contribution is -0.115. The van der Waals surface area contributed by atoms with E-state index in [1.54, 1.807) is 12.2 Å². The van der Waals surface area contributed by atoms with Gasteiger partial charge in [-0.15, -0.1) is 0 Å². The van der Waals surface area contributed by atoms with Crippen LogP contribution >= 0.6 is 0 Å². The largest absolute Gasteiger partial charge is 0.386 e. The third-order valence-corrected chi connectivity index (χ3v) is 4.92. The Hall–Kier alpha value is -1.58. The van der Waals surface area contributed by atoms with Gasteiger partial charge in [0.2, 0.25) is 0 Å². The smallest absolute Gasteiger partial charge is 0.157 e. The van der Waals surface area contributed by atoms with Crippen molar-refractivity contribution in [1.29, 1.82) is 0 Å². The Morgan fingerprint density at radius 1 is 0.682 bits per heavy atom. The quantitative estimate of drug-likeness (QED) is 0.838. The highest BCUT2D eigenvalue weighted by Crippen LogP contribution is 2.23. The summed E-state index contributed by atoms with van der Waals surface area (Å²) in [5.74, 6) is 0.524. The van der Waals surface area contributed by atoms with Gasteiger partial charge < -0.3 is 10.6 Å². The summed E-state index contributed by atoms with van der Waals surface area (Å²) in [4.78, 5) is 22.9. The lowest BCUT2D eigenvalue weighted by Gasteiger charge is -2.33. The van der Waals surface area contributed by atoms with Crippen LogP contribution in [0.1, 0.15) is 64.2 Å². The van der Waals surface area contributed by atoms with E-state index >= 15 is 0 Å². The van der Waals surface area contributed by atoms with Crippen molar-refractivity contribution in [2.24, 2.45) is 0 Å². The summed E-state index contributed by atoms with van der Waals surface area (Å²) in [5, 5.41) is 7.13. The predicted molar refractivity (Wildman–Crippen MR) is 86.2 cm³/mol. The molecule has 0 aromatic rings. The van der Waals surface area contributed by atoms with Gasteiger partial charge in [0.25, 0.3) is 0 Å². The molecule has 4 heteroatoms. The monoisotopic (exact) mass is 302 g/mol. The molecule has 0 amide bonds. The average Bonchev–Trinajstić information content (AvgIpc) is 2.49. The van der Waals surface area contributed by atoms with Crippen molar-refractivity contribution >= 4 is 11.6 Å². The molecular formula is C18H26N2O2. The van der Waals surface area contributed by atoms with Crippen LogP contribution in [-0.2, 0) is 9.59 Å². The highest BCUT2D eigenvalue weighted by atomic mass is 16.1. The average molecular weight is 302 g/mol. The second-order valence-corrected chi connectivity index (χ2v) is 6.82. The SMILES string of the molecule is O=C1C=C(NC2CCC(NC3=CC(=O)CCC3)CC2)CCC1. The van der Waals surface area contributed by atoms with Gasteiger partial charge in [0.15, 0.2) is 11.6 Å². The first-order chi connectivity index (χ1) is 10.7. The maximum Gasteiger partial charge on any atom is 0.157 e. The summed E-state index contributed by atoms with van der Waals surface area (Å²) in [6, 6.07) is 0.995. The minimum absolute atomic E-state index is 0.262. The van der Waals surface area contributed by atoms with Gasteiger partial charge in [-0.3, -0.25) is 9.59 Å². The van der Waals surface area contributed by atoms with Gasteiger partial charge in [0, 0.05) is 48.5 Å². The highest BCUT2D eigenvalue weighted by Gasteiger charge is 2.23. The van der Waals surface area contributed by atoms with Crippen LogP contribution in [-0.4, -0.2) is 23.7 Å². The predicted octanol–water partition coefficient (Wildman–Crippen LogP) is 2.75. The molecule has 22 heavy (non-hydrogen) atoms. The van der Waals surface area contributed by atoms with Crippen LogP contribution in [0.4, 0.5) is 0 Å². The number of carbonyl (C=O) groups excluding carboxylic acids is 2. The Balaban J connectivity index is 1.44. The number of allylic oxidation sites excluding steroid dienone is 4. The molecule has 0 aliphatic heterocycles. The van der Waals surface area contributed by atoms with Gasteiger partial charge >= 0.3 is 0 Å². The standard InChI is InChI=1S/C18H26N2O2/c21-17-5-1-3-15(11-17)19-13-7-9-14(10-8-13)20-16-4-2-6-18(22)12-16/h11-14,19-20H,1-10H2. The topological polar surface area (TPSA) is 58.2 Å². The van der Waals surface area contributed by atoms with Crippen LogP contribution in [0.3, 0.4) is 0 Å². The fourth-order valence-electron chi connectivity index (χ4n) is 3.72. The molecule has 0 saturated heterocycles. The van der Waals surface area contributed by atoms with Crippen LogP contribution in [0, 0.1) is 0 Å². The zero-order valence-corrected chi connectivity index (χ0v) is 13.2. The lowest BCUT2D eigenvalue weighted by Crippen LogP contribution is -2.40. The number of rotatable bonds is 4. The summed E-state index contributed by atoms with van der Waals surface area (Å²) in [7, 11) is 0. The van der Waals surface area contributed by atoms with Crippen molar-refractivity contribution in [3.63, 3.8) is 0 Å². The Morgan fingerprint density at radius 3 is 1.45 bits per heavy atom. The third kappa shape index (κ3) is 4.21. The number of nitrogens with one attached hydrogen (secondary N) is 2. The lowest BCUT2D eigenvalue weighted by atomic mass is 9.89. The number of hydrogen-bond donors (Lipinski definition) is 2. The molecule has 0 radical (unpaired) electrons. The van der Waals surface area contributed by atoms with Crippen molar-refractivity contribution in [2.45, 2.75) is 76.3 Å². The molecule has 0 heterocycles. The van der Waals surface area contributed by atoms with Crippen molar-refractivity contribution < 1.29 is 9.59 Å². The molecule has 0 aromatic heterocycles.